The molecule has 0 amide bonds. The maximum Gasteiger partial charge on any atom is 0.323 e. The standard InChI is InChI=1S/C14H18ClN5O/c1-3-7-21-14-19-12(16-2)18-13(20-14)17-9-10-5-4-6-11(15)8-10/h4-6,8H,3,7,9H2,1-2H3,(H2,16,17,18,19,20). The van der Waals surface area contributed by atoms with Crippen molar-refractivity contribution < 1.29 is 4.74 Å². The number of halogens is 1. The second-order valence-corrected chi connectivity index (χ2v) is 4.78. The number of benzene rings is 1. The van der Waals surface area contributed by atoms with Crippen molar-refractivity contribution in [2.24, 2.45) is 0 Å². The van der Waals surface area contributed by atoms with E-state index in [0.717, 1.165) is 12.0 Å². The molecule has 112 valence electrons. The SMILES string of the molecule is CCCOc1nc(NC)nc(NCc2cccc(Cl)c2)n1. The fourth-order valence-corrected chi connectivity index (χ4v) is 1.85. The van der Waals surface area contributed by atoms with Gasteiger partial charge in [0, 0.05) is 18.6 Å². The van der Waals surface area contributed by atoms with Crippen LogP contribution in [0.15, 0.2) is 24.3 Å². The molecule has 0 aliphatic carbocycles. The van der Waals surface area contributed by atoms with Gasteiger partial charge >= 0.3 is 6.01 Å². The van der Waals surface area contributed by atoms with Gasteiger partial charge in [0.1, 0.15) is 0 Å². The zero-order valence-electron chi connectivity index (χ0n) is 12.1. The number of anilines is 2. The highest BCUT2D eigenvalue weighted by molar-refractivity contribution is 6.30. The zero-order valence-corrected chi connectivity index (χ0v) is 12.8. The summed E-state index contributed by atoms with van der Waals surface area (Å²) in [5.74, 6) is 0.921. The Labute approximate surface area is 128 Å². The number of hydrogen-bond acceptors (Lipinski definition) is 6. The van der Waals surface area contributed by atoms with Crippen LogP contribution in [0.4, 0.5) is 11.9 Å². The van der Waals surface area contributed by atoms with E-state index in [0.29, 0.717) is 36.1 Å². The lowest BCUT2D eigenvalue weighted by Gasteiger charge is -2.09. The number of ether oxygens (including phenoxy) is 1. The lowest BCUT2D eigenvalue weighted by Crippen LogP contribution is -2.09. The van der Waals surface area contributed by atoms with E-state index < -0.39 is 0 Å². The Morgan fingerprint density at radius 3 is 2.71 bits per heavy atom. The normalized spacial score (nSPS) is 10.2. The Morgan fingerprint density at radius 2 is 2.00 bits per heavy atom. The summed E-state index contributed by atoms with van der Waals surface area (Å²) in [7, 11) is 1.75. The fourth-order valence-electron chi connectivity index (χ4n) is 1.63. The molecule has 0 saturated heterocycles. The first-order chi connectivity index (χ1) is 10.2. The molecule has 0 atom stereocenters. The van der Waals surface area contributed by atoms with Crippen LogP contribution in [0, 0.1) is 0 Å². The highest BCUT2D eigenvalue weighted by Gasteiger charge is 2.06. The molecular formula is C14H18ClN5O. The van der Waals surface area contributed by atoms with Crippen LogP contribution in [0.5, 0.6) is 6.01 Å². The Balaban J connectivity index is 2.07. The monoisotopic (exact) mass is 307 g/mol. The van der Waals surface area contributed by atoms with Gasteiger partial charge in [-0.3, -0.25) is 0 Å². The molecule has 21 heavy (non-hydrogen) atoms. The first-order valence-electron chi connectivity index (χ1n) is 6.76. The van der Waals surface area contributed by atoms with Crippen LogP contribution in [-0.2, 0) is 6.54 Å². The quantitative estimate of drug-likeness (QED) is 0.819. The second kappa shape index (κ2) is 7.64. The summed E-state index contributed by atoms with van der Waals surface area (Å²) in [4.78, 5) is 12.6. The molecule has 2 N–H and O–H groups in total. The number of rotatable bonds is 7. The van der Waals surface area contributed by atoms with E-state index in [4.69, 9.17) is 16.3 Å². The third-order valence-electron chi connectivity index (χ3n) is 2.61. The van der Waals surface area contributed by atoms with Crippen molar-refractivity contribution in [1.82, 2.24) is 15.0 Å². The lowest BCUT2D eigenvalue weighted by atomic mass is 10.2. The van der Waals surface area contributed by atoms with Crippen molar-refractivity contribution in [1.29, 1.82) is 0 Å². The summed E-state index contributed by atoms with van der Waals surface area (Å²) in [6.07, 6.45) is 0.895. The molecule has 0 radical (unpaired) electrons. The molecule has 7 heteroatoms. The molecule has 0 aliphatic heterocycles. The molecule has 0 aliphatic rings. The molecule has 0 unspecified atom stereocenters. The van der Waals surface area contributed by atoms with E-state index in [2.05, 4.69) is 25.6 Å². The second-order valence-electron chi connectivity index (χ2n) is 4.35. The van der Waals surface area contributed by atoms with Crippen LogP contribution in [-0.4, -0.2) is 28.6 Å². The minimum Gasteiger partial charge on any atom is -0.463 e. The molecule has 2 rings (SSSR count). The molecule has 0 fully saturated rings. The van der Waals surface area contributed by atoms with E-state index in [1.54, 1.807) is 7.05 Å². The van der Waals surface area contributed by atoms with E-state index in [-0.39, 0.29) is 0 Å². The minimum atomic E-state index is 0.310. The number of hydrogen-bond donors (Lipinski definition) is 2. The van der Waals surface area contributed by atoms with Gasteiger partial charge in [0.2, 0.25) is 11.9 Å². The molecule has 0 bridgehead atoms. The average Bonchev–Trinajstić information content (AvgIpc) is 2.51. The van der Waals surface area contributed by atoms with Crippen molar-refractivity contribution in [3.63, 3.8) is 0 Å². The Hall–Kier alpha value is -2.08. The molecule has 2 aromatic rings. The van der Waals surface area contributed by atoms with Gasteiger partial charge in [-0.1, -0.05) is 30.7 Å². The van der Waals surface area contributed by atoms with Crippen molar-refractivity contribution in [2.75, 3.05) is 24.3 Å². The van der Waals surface area contributed by atoms with Gasteiger partial charge in [-0.25, -0.2) is 0 Å². The van der Waals surface area contributed by atoms with Crippen molar-refractivity contribution in [3.05, 3.63) is 34.9 Å². The average molecular weight is 308 g/mol. The topological polar surface area (TPSA) is 72.0 Å². The van der Waals surface area contributed by atoms with Gasteiger partial charge < -0.3 is 15.4 Å². The maximum atomic E-state index is 5.96. The molecule has 0 spiro atoms. The van der Waals surface area contributed by atoms with Gasteiger partial charge in [-0.05, 0) is 24.1 Å². The number of aromatic nitrogens is 3. The third kappa shape index (κ3) is 4.75. The smallest absolute Gasteiger partial charge is 0.323 e. The van der Waals surface area contributed by atoms with E-state index in [9.17, 15) is 0 Å². The third-order valence-corrected chi connectivity index (χ3v) is 2.85. The Kier molecular flexibility index (Phi) is 5.57. The molecule has 1 aromatic heterocycles. The Bertz CT molecular complexity index is 593. The van der Waals surface area contributed by atoms with Gasteiger partial charge in [0.05, 0.1) is 6.61 Å². The van der Waals surface area contributed by atoms with Crippen LogP contribution in [0.3, 0.4) is 0 Å². The highest BCUT2D eigenvalue weighted by Crippen LogP contribution is 2.14. The fraction of sp³-hybridized carbons (Fsp3) is 0.357. The maximum absolute atomic E-state index is 5.96. The molecule has 1 aromatic carbocycles. The van der Waals surface area contributed by atoms with E-state index in [1.165, 1.54) is 0 Å². The first kappa shape index (κ1) is 15.3. The van der Waals surface area contributed by atoms with Gasteiger partial charge in [-0.15, -0.1) is 0 Å². The summed E-state index contributed by atoms with van der Waals surface area (Å²) in [5.41, 5.74) is 1.05. The summed E-state index contributed by atoms with van der Waals surface area (Å²) in [5, 5.41) is 6.73. The number of nitrogens with zero attached hydrogens (tertiary/aromatic N) is 3. The Morgan fingerprint density at radius 1 is 1.19 bits per heavy atom. The summed E-state index contributed by atoms with van der Waals surface area (Å²) in [6, 6.07) is 7.92. The minimum absolute atomic E-state index is 0.310. The van der Waals surface area contributed by atoms with Crippen LogP contribution >= 0.6 is 11.6 Å². The predicted molar refractivity (Wildman–Crippen MR) is 83.9 cm³/mol. The van der Waals surface area contributed by atoms with Crippen molar-refractivity contribution in [2.45, 2.75) is 19.9 Å². The van der Waals surface area contributed by atoms with E-state index >= 15 is 0 Å². The molecule has 6 nitrogen and oxygen atoms in total. The van der Waals surface area contributed by atoms with Crippen LogP contribution in [0.2, 0.25) is 5.02 Å². The molecular weight excluding hydrogens is 290 g/mol. The largest absolute Gasteiger partial charge is 0.463 e. The summed E-state index contributed by atoms with van der Waals surface area (Å²) in [6.45, 7) is 3.17. The lowest BCUT2D eigenvalue weighted by molar-refractivity contribution is 0.292. The predicted octanol–water partition coefficient (Wildman–Crippen LogP) is 2.97. The van der Waals surface area contributed by atoms with Crippen LogP contribution in [0.1, 0.15) is 18.9 Å². The summed E-state index contributed by atoms with van der Waals surface area (Å²) < 4.78 is 5.45. The van der Waals surface area contributed by atoms with Crippen LogP contribution < -0.4 is 15.4 Å². The van der Waals surface area contributed by atoms with Crippen molar-refractivity contribution >= 4 is 23.5 Å². The first-order valence-corrected chi connectivity index (χ1v) is 7.14. The molecule has 1 heterocycles. The highest BCUT2D eigenvalue weighted by atomic mass is 35.5. The van der Waals surface area contributed by atoms with Gasteiger partial charge in [-0.2, -0.15) is 15.0 Å². The zero-order chi connectivity index (χ0) is 15.1. The number of nitrogens with one attached hydrogen (secondary N) is 2. The van der Waals surface area contributed by atoms with Gasteiger partial charge in [0.15, 0.2) is 0 Å². The summed E-state index contributed by atoms with van der Waals surface area (Å²) >= 11 is 5.96. The van der Waals surface area contributed by atoms with Gasteiger partial charge in [0.25, 0.3) is 0 Å². The van der Waals surface area contributed by atoms with E-state index in [1.807, 2.05) is 31.2 Å². The molecule has 0 saturated carbocycles. The van der Waals surface area contributed by atoms with Crippen molar-refractivity contribution in [3.8, 4) is 6.01 Å². The van der Waals surface area contributed by atoms with Crippen LogP contribution in [0.25, 0.3) is 0 Å².